The van der Waals surface area contributed by atoms with Gasteiger partial charge in [0.1, 0.15) is 0 Å². The lowest BCUT2D eigenvalue weighted by molar-refractivity contribution is -0.137. The number of halogens is 3. The van der Waals surface area contributed by atoms with E-state index in [1.54, 1.807) is 12.1 Å². The number of fused-ring (bicyclic) bond motifs is 1. The second-order valence-electron chi connectivity index (χ2n) is 5.09. The van der Waals surface area contributed by atoms with Gasteiger partial charge in [0.15, 0.2) is 0 Å². The second kappa shape index (κ2) is 4.24. The van der Waals surface area contributed by atoms with Crippen LogP contribution in [0, 0.1) is 11.8 Å². The van der Waals surface area contributed by atoms with Crippen LogP contribution in [0.25, 0.3) is 0 Å². The van der Waals surface area contributed by atoms with E-state index in [9.17, 15) is 13.2 Å². The molecule has 0 bridgehead atoms. The number of hydrogen-bond acceptors (Lipinski definition) is 2. The molecule has 1 saturated heterocycles. The summed E-state index contributed by atoms with van der Waals surface area (Å²) >= 11 is 0. The lowest BCUT2D eigenvalue weighted by Crippen LogP contribution is -2.27. The molecule has 1 aromatic carbocycles. The Morgan fingerprint density at radius 3 is 2.28 bits per heavy atom. The third-order valence-corrected chi connectivity index (χ3v) is 3.91. The number of piperidine rings is 1. The van der Waals surface area contributed by atoms with Crippen molar-refractivity contribution < 1.29 is 13.2 Å². The quantitative estimate of drug-likeness (QED) is 0.864. The van der Waals surface area contributed by atoms with Gasteiger partial charge in [-0.3, -0.25) is 0 Å². The van der Waals surface area contributed by atoms with Crippen LogP contribution >= 0.6 is 0 Å². The molecule has 5 heteroatoms. The van der Waals surface area contributed by atoms with Crippen molar-refractivity contribution >= 4 is 0 Å². The number of hydrogen-bond donors (Lipinski definition) is 2. The SMILES string of the molecule is FC(F)(F)c1ccc(CNC2[C@H]3CNC[C@@H]23)cc1. The summed E-state index contributed by atoms with van der Waals surface area (Å²) in [6.45, 7) is 2.78. The molecule has 1 saturated carbocycles. The molecule has 98 valence electrons. The smallest absolute Gasteiger partial charge is 0.316 e. The van der Waals surface area contributed by atoms with Crippen LogP contribution in [0.15, 0.2) is 24.3 Å². The summed E-state index contributed by atoms with van der Waals surface area (Å²) in [5, 5.41) is 6.72. The monoisotopic (exact) mass is 256 g/mol. The third kappa shape index (κ3) is 2.24. The Labute approximate surface area is 104 Å². The van der Waals surface area contributed by atoms with Crippen LogP contribution in [-0.4, -0.2) is 19.1 Å². The van der Waals surface area contributed by atoms with Crippen LogP contribution in [-0.2, 0) is 12.7 Å². The van der Waals surface area contributed by atoms with E-state index in [0.717, 1.165) is 42.6 Å². The van der Waals surface area contributed by atoms with E-state index in [1.807, 2.05) is 0 Å². The van der Waals surface area contributed by atoms with Gasteiger partial charge in [-0.05, 0) is 42.6 Å². The Morgan fingerprint density at radius 1 is 1.11 bits per heavy atom. The summed E-state index contributed by atoms with van der Waals surface area (Å²) in [5.74, 6) is 1.44. The molecule has 1 aliphatic carbocycles. The van der Waals surface area contributed by atoms with E-state index in [0.29, 0.717) is 12.6 Å². The molecule has 2 fully saturated rings. The summed E-state index contributed by atoms with van der Waals surface area (Å²) in [5.41, 5.74) is 0.319. The average Bonchev–Trinajstić information content (AvgIpc) is 2.77. The molecule has 1 aliphatic heterocycles. The highest BCUT2D eigenvalue weighted by atomic mass is 19.4. The number of nitrogens with one attached hydrogen (secondary N) is 2. The molecular weight excluding hydrogens is 241 g/mol. The highest BCUT2D eigenvalue weighted by Gasteiger charge is 2.52. The zero-order chi connectivity index (χ0) is 12.8. The normalized spacial score (nSPS) is 30.3. The maximum Gasteiger partial charge on any atom is 0.416 e. The van der Waals surface area contributed by atoms with Crippen LogP contribution < -0.4 is 10.6 Å². The first-order valence-corrected chi connectivity index (χ1v) is 6.16. The lowest BCUT2D eigenvalue weighted by Gasteiger charge is -2.09. The number of alkyl halides is 3. The highest BCUT2D eigenvalue weighted by molar-refractivity contribution is 5.25. The maximum absolute atomic E-state index is 12.4. The van der Waals surface area contributed by atoms with Crippen LogP contribution in [0.3, 0.4) is 0 Å². The minimum atomic E-state index is -4.24. The van der Waals surface area contributed by atoms with Crippen molar-refractivity contribution in [3.8, 4) is 0 Å². The summed E-state index contributed by atoms with van der Waals surface area (Å²) in [4.78, 5) is 0. The summed E-state index contributed by atoms with van der Waals surface area (Å²) in [7, 11) is 0. The zero-order valence-corrected chi connectivity index (χ0v) is 9.80. The molecule has 0 spiro atoms. The molecule has 2 aliphatic rings. The minimum absolute atomic E-state index is 0.550. The van der Waals surface area contributed by atoms with Crippen LogP contribution in [0.4, 0.5) is 13.2 Å². The fourth-order valence-corrected chi connectivity index (χ4v) is 2.77. The first kappa shape index (κ1) is 12.0. The molecule has 18 heavy (non-hydrogen) atoms. The van der Waals surface area contributed by atoms with Gasteiger partial charge in [0, 0.05) is 12.6 Å². The van der Waals surface area contributed by atoms with Gasteiger partial charge in [-0.15, -0.1) is 0 Å². The van der Waals surface area contributed by atoms with Gasteiger partial charge >= 0.3 is 6.18 Å². The predicted molar refractivity (Wildman–Crippen MR) is 61.9 cm³/mol. The second-order valence-corrected chi connectivity index (χ2v) is 5.09. The predicted octanol–water partition coefficient (Wildman–Crippen LogP) is 2.01. The van der Waals surface area contributed by atoms with Crippen molar-refractivity contribution in [3.05, 3.63) is 35.4 Å². The number of benzene rings is 1. The van der Waals surface area contributed by atoms with Gasteiger partial charge in [-0.2, -0.15) is 13.2 Å². The van der Waals surface area contributed by atoms with Crippen molar-refractivity contribution in [2.24, 2.45) is 11.8 Å². The molecular formula is C13H15F3N2. The van der Waals surface area contributed by atoms with E-state index < -0.39 is 11.7 Å². The van der Waals surface area contributed by atoms with E-state index >= 15 is 0 Å². The molecule has 1 heterocycles. The van der Waals surface area contributed by atoms with Crippen molar-refractivity contribution in [1.29, 1.82) is 0 Å². The maximum atomic E-state index is 12.4. The Balaban J connectivity index is 1.54. The Hall–Kier alpha value is -1.07. The largest absolute Gasteiger partial charge is 0.416 e. The summed E-state index contributed by atoms with van der Waals surface area (Å²) in [6, 6.07) is 5.94. The molecule has 1 aromatic rings. The van der Waals surface area contributed by atoms with E-state index in [1.165, 1.54) is 0 Å². The highest BCUT2D eigenvalue weighted by Crippen LogP contribution is 2.41. The van der Waals surface area contributed by atoms with Crippen molar-refractivity contribution in [1.82, 2.24) is 10.6 Å². The van der Waals surface area contributed by atoms with Crippen molar-refractivity contribution in [2.45, 2.75) is 18.8 Å². The van der Waals surface area contributed by atoms with E-state index in [2.05, 4.69) is 10.6 Å². The van der Waals surface area contributed by atoms with Gasteiger partial charge in [0.2, 0.25) is 0 Å². The van der Waals surface area contributed by atoms with Crippen molar-refractivity contribution in [2.75, 3.05) is 13.1 Å². The van der Waals surface area contributed by atoms with Crippen LogP contribution in [0.1, 0.15) is 11.1 Å². The van der Waals surface area contributed by atoms with Gasteiger partial charge in [0.05, 0.1) is 5.56 Å². The van der Waals surface area contributed by atoms with Gasteiger partial charge < -0.3 is 10.6 Å². The Kier molecular flexibility index (Phi) is 2.83. The molecule has 2 N–H and O–H groups in total. The Morgan fingerprint density at radius 2 is 1.72 bits per heavy atom. The minimum Gasteiger partial charge on any atom is -0.316 e. The fraction of sp³-hybridized carbons (Fsp3) is 0.538. The standard InChI is InChI=1S/C13H15F3N2/c14-13(15,16)9-3-1-8(2-4-9)5-18-12-10-6-17-7-11(10)12/h1-4,10-12,17-18H,5-7H2/t10-,11+,12?. The fourth-order valence-electron chi connectivity index (χ4n) is 2.77. The van der Waals surface area contributed by atoms with Crippen LogP contribution in [0.5, 0.6) is 0 Å². The number of rotatable bonds is 3. The van der Waals surface area contributed by atoms with E-state index in [4.69, 9.17) is 0 Å². The molecule has 3 rings (SSSR count). The summed E-state index contributed by atoms with van der Waals surface area (Å²) < 4.78 is 37.1. The first-order chi connectivity index (χ1) is 8.55. The molecule has 3 atom stereocenters. The molecule has 0 radical (unpaired) electrons. The van der Waals surface area contributed by atoms with Gasteiger partial charge in [-0.1, -0.05) is 12.1 Å². The zero-order valence-electron chi connectivity index (χ0n) is 9.80. The van der Waals surface area contributed by atoms with Crippen molar-refractivity contribution in [3.63, 3.8) is 0 Å². The van der Waals surface area contributed by atoms with Crippen LogP contribution in [0.2, 0.25) is 0 Å². The lowest BCUT2D eigenvalue weighted by atomic mass is 10.1. The first-order valence-electron chi connectivity index (χ1n) is 6.16. The van der Waals surface area contributed by atoms with E-state index in [-0.39, 0.29) is 0 Å². The topological polar surface area (TPSA) is 24.1 Å². The van der Waals surface area contributed by atoms with Gasteiger partial charge in [0.25, 0.3) is 0 Å². The van der Waals surface area contributed by atoms with Gasteiger partial charge in [-0.25, -0.2) is 0 Å². The third-order valence-electron chi connectivity index (χ3n) is 3.91. The molecule has 0 aromatic heterocycles. The molecule has 2 nitrogen and oxygen atoms in total. The summed E-state index contributed by atoms with van der Waals surface area (Å²) in [6.07, 6.45) is -4.24. The average molecular weight is 256 g/mol. The Bertz CT molecular complexity index is 417. The molecule has 0 amide bonds. The molecule has 1 unspecified atom stereocenters.